The zero-order valence-corrected chi connectivity index (χ0v) is 15.1. The molecule has 1 saturated heterocycles. The molecule has 0 amide bonds. The van der Waals surface area contributed by atoms with Crippen LogP contribution in [0.2, 0.25) is 0 Å². The number of aliphatic hydroxyl groups is 3. The van der Waals surface area contributed by atoms with Gasteiger partial charge in [0.2, 0.25) is 0 Å². The second-order valence-electron chi connectivity index (χ2n) is 6.62. The monoisotopic (exact) mass is 344 g/mol. The normalized spacial score (nSPS) is 25.6. The molecule has 0 aromatic heterocycles. The molecule has 1 fully saturated rings. The minimum absolute atomic E-state index is 0.0958. The first-order chi connectivity index (χ1) is 11.7. The Labute approximate surface area is 146 Å². The molecule has 24 heavy (non-hydrogen) atoms. The largest absolute Gasteiger partial charge is 0.394 e. The Balaban J connectivity index is 1.96. The average molecular weight is 344 g/mol. The molecule has 1 aliphatic rings. The molecule has 0 bridgehead atoms. The smallest absolute Gasteiger partial charge is 0.114 e. The van der Waals surface area contributed by atoms with E-state index in [1.54, 1.807) is 0 Å². The van der Waals surface area contributed by atoms with Crippen LogP contribution in [-0.2, 0) is 9.47 Å². The van der Waals surface area contributed by atoms with Gasteiger partial charge in [0.1, 0.15) is 24.4 Å². The highest BCUT2D eigenvalue weighted by molar-refractivity contribution is 4.88. The molecule has 1 aliphatic heterocycles. The Morgan fingerprint density at radius 1 is 1.04 bits per heavy atom. The van der Waals surface area contributed by atoms with Crippen molar-refractivity contribution in [3.8, 4) is 0 Å². The minimum Gasteiger partial charge on any atom is -0.394 e. The fourth-order valence-corrected chi connectivity index (χ4v) is 2.89. The van der Waals surface area contributed by atoms with Gasteiger partial charge in [0.05, 0.1) is 13.2 Å². The highest BCUT2D eigenvalue weighted by Crippen LogP contribution is 2.19. The summed E-state index contributed by atoms with van der Waals surface area (Å²) in [5.74, 6) is 0. The molecule has 4 atom stereocenters. The molecule has 0 aromatic rings. The molecule has 0 unspecified atom stereocenters. The first kappa shape index (κ1) is 21.6. The molecule has 3 N–H and O–H groups in total. The third-order valence-electron chi connectivity index (χ3n) is 4.47. The van der Waals surface area contributed by atoms with Gasteiger partial charge >= 0.3 is 0 Å². The maximum atomic E-state index is 9.78. The van der Waals surface area contributed by atoms with E-state index in [4.69, 9.17) is 9.47 Å². The summed E-state index contributed by atoms with van der Waals surface area (Å²) in [5.41, 5.74) is 0. The average Bonchev–Trinajstić information content (AvgIpc) is 2.92. The van der Waals surface area contributed by atoms with Gasteiger partial charge in [0, 0.05) is 6.61 Å². The predicted molar refractivity (Wildman–Crippen MR) is 94.9 cm³/mol. The van der Waals surface area contributed by atoms with Crippen LogP contribution in [0.5, 0.6) is 0 Å². The fourth-order valence-electron chi connectivity index (χ4n) is 2.89. The maximum Gasteiger partial charge on any atom is 0.114 e. The lowest BCUT2D eigenvalue weighted by Gasteiger charge is -2.24. The first-order valence-electron chi connectivity index (χ1n) is 9.55. The zero-order chi connectivity index (χ0) is 17.6. The fraction of sp³-hybridized carbons (Fsp3) is 0.895. The molecule has 0 saturated carbocycles. The van der Waals surface area contributed by atoms with E-state index in [-0.39, 0.29) is 13.2 Å². The Hall–Kier alpha value is -0.460. The summed E-state index contributed by atoms with van der Waals surface area (Å²) in [6.45, 7) is 2.65. The number of hydrogen-bond donors (Lipinski definition) is 3. The van der Waals surface area contributed by atoms with Gasteiger partial charge in [-0.05, 0) is 25.7 Å². The summed E-state index contributed by atoms with van der Waals surface area (Å²) in [5, 5.41) is 28.6. The third-order valence-corrected chi connectivity index (χ3v) is 4.47. The van der Waals surface area contributed by atoms with Gasteiger partial charge in [-0.25, -0.2) is 0 Å². The van der Waals surface area contributed by atoms with Crippen molar-refractivity contribution >= 4 is 0 Å². The predicted octanol–water partition coefficient (Wildman–Crippen LogP) is 2.57. The second-order valence-corrected chi connectivity index (χ2v) is 6.62. The van der Waals surface area contributed by atoms with Crippen molar-refractivity contribution in [2.45, 2.75) is 89.1 Å². The van der Waals surface area contributed by atoms with Gasteiger partial charge in [0.15, 0.2) is 0 Å². The van der Waals surface area contributed by atoms with Crippen LogP contribution in [0.15, 0.2) is 12.2 Å². The molecule has 0 aromatic carbocycles. The van der Waals surface area contributed by atoms with Crippen LogP contribution < -0.4 is 0 Å². The quantitative estimate of drug-likeness (QED) is 0.333. The molecule has 0 aliphatic carbocycles. The molecule has 1 rings (SSSR count). The summed E-state index contributed by atoms with van der Waals surface area (Å²) >= 11 is 0. The summed E-state index contributed by atoms with van der Waals surface area (Å²) in [6.07, 6.45) is 12.2. The van der Waals surface area contributed by atoms with Gasteiger partial charge < -0.3 is 24.8 Å². The molecule has 0 radical (unpaired) electrons. The van der Waals surface area contributed by atoms with Crippen molar-refractivity contribution < 1.29 is 24.8 Å². The van der Waals surface area contributed by atoms with Gasteiger partial charge in [0.25, 0.3) is 0 Å². The first-order valence-corrected chi connectivity index (χ1v) is 9.55. The number of aliphatic hydroxyl groups excluding tert-OH is 3. The summed E-state index contributed by atoms with van der Waals surface area (Å²) in [7, 11) is 0. The number of allylic oxidation sites excluding steroid dienone is 2. The summed E-state index contributed by atoms with van der Waals surface area (Å²) in [4.78, 5) is 0. The second kappa shape index (κ2) is 13.8. The van der Waals surface area contributed by atoms with Crippen LogP contribution in [0.25, 0.3) is 0 Å². The molecular weight excluding hydrogens is 308 g/mol. The number of rotatable bonds is 14. The van der Waals surface area contributed by atoms with Crippen LogP contribution in [0.3, 0.4) is 0 Å². The lowest BCUT2D eigenvalue weighted by molar-refractivity contribution is -0.101. The van der Waals surface area contributed by atoms with E-state index in [1.807, 2.05) is 0 Å². The Morgan fingerprint density at radius 3 is 2.33 bits per heavy atom. The van der Waals surface area contributed by atoms with Crippen molar-refractivity contribution in [1.82, 2.24) is 0 Å². The van der Waals surface area contributed by atoms with E-state index in [1.165, 1.54) is 44.9 Å². The van der Waals surface area contributed by atoms with Crippen molar-refractivity contribution in [2.75, 3.05) is 19.8 Å². The standard InChI is InChI=1S/C19H36O5/c1-2-3-4-5-6-7-8-9-10-11-12-13-23-17(14-20)19-18(22)16(21)15-24-19/h5-6,16-22H,2-4,7-15H2,1H3/b6-5+/t16-,17+,18-,19-/m1/s1. The van der Waals surface area contributed by atoms with Crippen LogP contribution in [0, 0.1) is 0 Å². The molecule has 5 heteroatoms. The van der Waals surface area contributed by atoms with E-state index in [2.05, 4.69) is 19.1 Å². The zero-order valence-electron chi connectivity index (χ0n) is 15.1. The lowest BCUT2D eigenvalue weighted by atomic mass is 10.1. The van der Waals surface area contributed by atoms with Gasteiger partial charge in [-0.15, -0.1) is 0 Å². The highest BCUT2D eigenvalue weighted by atomic mass is 16.6. The SMILES string of the molecule is CCCC/C=C/CCCCCCCO[C@@H](CO)[C@H]1OC[C@@H](O)[C@H]1O. The molecule has 142 valence electrons. The van der Waals surface area contributed by atoms with Crippen LogP contribution in [0.4, 0.5) is 0 Å². The molecule has 5 nitrogen and oxygen atoms in total. The van der Waals surface area contributed by atoms with Crippen LogP contribution >= 0.6 is 0 Å². The van der Waals surface area contributed by atoms with Crippen LogP contribution in [-0.4, -0.2) is 59.6 Å². The number of ether oxygens (including phenoxy) is 2. The van der Waals surface area contributed by atoms with Gasteiger partial charge in [-0.2, -0.15) is 0 Å². The van der Waals surface area contributed by atoms with E-state index < -0.39 is 24.4 Å². The van der Waals surface area contributed by atoms with Crippen molar-refractivity contribution in [2.24, 2.45) is 0 Å². The highest BCUT2D eigenvalue weighted by Gasteiger charge is 2.40. The Morgan fingerprint density at radius 2 is 1.71 bits per heavy atom. The Kier molecular flexibility index (Phi) is 12.4. The third kappa shape index (κ3) is 8.58. The molecular formula is C19H36O5. The van der Waals surface area contributed by atoms with Crippen molar-refractivity contribution in [1.29, 1.82) is 0 Å². The number of hydrogen-bond acceptors (Lipinski definition) is 5. The number of unbranched alkanes of at least 4 members (excludes halogenated alkanes) is 7. The van der Waals surface area contributed by atoms with E-state index in [9.17, 15) is 15.3 Å². The van der Waals surface area contributed by atoms with E-state index >= 15 is 0 Å². The molecule has 1 heterocycles. The maximum absolute atomic E-state index is 9.78. The van der Waals surface area contributed by atoms with E-state index in [0.29, 0.717) is 6.61 Å². The van der Waals surface area contributed by atoms with Crippen LogP contribution in [0.1, 0.15) is 64.7 Å². The summed E-state index contributed by atoms with van der Waals surface area (Å²) < 4.78 is 10.9. The van der Waals surface area contributed by atoms with Crippen molar-refractivity contribution in [3.63, 3.8) is 0 Å². The van der Waals surface area contributed by atoms with Gasteiger partial charge in [-0.3, -0.25) is 0 Å². The Bertz CT molecular complexity index is 321. The van der Waals surface area contributed by atoms with E-state index in [0.717, 1.165) is 12.8 Å². The van der Waals surface area contributed by atoms with Gasteiger partial charge in [-0.1, -0.05) is 51.2 Å². The summed E-state index contributed by atoms with van der Waals surface area (Å²) in [6, 6.07) is 0. The minimum atomic E-state index is -0.979. The molecule has 0 spiro atoms. The topological polar surface area (TPSA) is 79.2 Å². The lowest BCUT2D eigenvalue weighted by Crippen LogP contribution is -2.42. The van der Waals surface area contributed by atoms with Crippen molar-refractivity contribution in [3.05, 3.63) is 12.2 Å².